The van der Waals surface area contributed by atoms with E-state index >= 15 is 0 Å². The van der Waals surface area contributed by atoms with Gasteiger partial charge in [0.05, 0.1) is 5.69 Å². The summed E-state index contributed by atoms with van der Waals surface area (Å²) >= 11 is 4.88. The average molecular weight is 615 g/mol. The number of hydrogen-bond acceptors (Lipinski definition) is 4. The molecule has 0 amide bonds. The van der Waals surface area contributed by atoms with Gasteiger partial charge in [0, 0.05) is 49.2 Å². The van der Waals surface area contributed by atoms with Crippen molar-refractivity contribution in [1.29, 1.82) is 0 Å². The van der Waals surface area contributed by atoms with E-state index in [0.717, 1.165) is 0 Å². The maximum absolute atomic E-state index is 7.39. The normalized spacial score (nSPS) is 8.80. The Labute approximate surface area is 144 Å². The predicted molar refractivity (Wildman–Crippen MR) is 48.8 cm³/mol. The van der Waals surface area contributed by atoms with Crippen molar-refractivity contribution in [2.24, 2.45) is 0 Å². The van der Waals surface area contributed by atoms with Gasteiger partial charge in [-0.3, -0.25) is 0 Å². The zero-order valence-corrected chi connectivity index (χ0v) is 15.1. The molecule has 0 aliphatic carbocycles. The molecule has 2 aromatic rings. The largest absolute Gasteiger partial charge is 1.00 e. The fourth-order valence-corrected chi connectivity index (χ4v) is 1.16. The zero-order valence-electron chi connectivity index (χ0n) is 7.39. The SMILES string of the molecule is [Ac].[Au+].[NH-]c1cccc(-n2nnnc2[S-])c1. The summed E-state index contributed by atoms with van der Waals surface area (Å²) in [4.78, 5) is 0. The Bertz CT molecular complexity index is 435. The summed E-state index contributed by atoms with van der Waals surface area (Å²) in [5, 5.41) is 11.0. The second kappa shape index (κ2) is 6.94. The van der Waals surface area contributed by atoms with E-state index in [0.29, 0.717) is 16.5 Å². The molecule has 0 atom stereocenters. The first-order valence-electron chi connectivity index (χ1n) is 3.55. The topological polar surface area (TPSA) is 67.4 Å². The third kappa shape index (κ3) is 3.77. The van der Waals surface area contributed by atoms with E-state index in [1.54, 1.807) is 24.3 Å². The zero-order chi connectivity index (χ0) is 9.26. The molecule has 8 heteroatoms. The molecule has 0 saturated carbocycles. The molecule has 0 saturated heterocycles. The van der Waals surface area contributed by atoms with Gasteiger partial charge in [-0.2, -0.15) is 0 Å². The van der Waals surface area contributed by atoms with Gasteiger partial charge in [0.25, 0.3) is 0 Å². The smallest absolute Gasteiger partial charge is 0.738 e. The minimum atomic E-state index is 0. The Hall–Kier alpha value is 0.492. The Morgan fingerprint density at radius 2 is 2.07 bits per heavy atom. The number of aromatic nitrogens is 4. The van der Waals surface area contributed by atoms with E-state index in [1.165, 1.54) is 4.68 Å². The van der Waals surface area contributed by atoms with E-state index in [4.69, 9.17) is 18.4 Å². The fourth-order valence-electron chi connectivity index (χ4n) is 0.979. The van der Waals surface area contributed by atoms with Gasteiger partial charge in [-0.15, -0.1) is 10.8 Å². The summed E-state index contributed by atoms with van der Waals surface area (Å²) in [5.74, 6) is 0. The summed E-state index contributed by atoms with van der Waals surface area (Å²) < 4.78 is 1.41. The van der Waals surface area contributed by atoms with Crippen LogP contribution in [0.15, 0.2) is 29.4 Å². The maximum Gasteiger partial charge on any atom is 1.00 e. The molecule has 15 heavy (non-hydrogen) atoms. The van der Waals surface area contributed by atoms with E-state index in [9.17, 15) is 0 Å². The standard InChI is InChI=1S/C7H6N5S.Ac.Au/c8-5-2-1-3-6(4-5)12-7(13)9-10-11-12;;/h1-4,8H,(H,9,11,13);;/q-1;;+1/p-1. The van der Waals surface area contributed by atoms with Crippen LogP contribution in [-0.2, 0) is 35.0 Å². The first kappa shape index (κ1) is 15.5. The van der Waals surface area contributed by atoms with E-state index in [2.05, 4.69) is 15.5 Å². The van der Waals surface area contributed by atoms with Crippen molar-refractivity contribution in [3.8, 4) is 5.69 Å². The molecule has 5 nitrogen and oxygen atoms in total. The third-order valence-corrected chi connectivity index (χ3v) is 1.79. The maximum atomic E-state index is 7.39. The Morgan fingerprint density at radius 1 is 1.33 bits per heavy atom. The molecule has 1 N–H and O–H groups in total. The van der Waals surface area contributed by atoms with Crippen LogP contribution in [0.2, 0.25) is 0 Å². The van der Waals surface area contributed by atoms with Crippen LogP contribution in [-0.4, -0.2) is 20.2 Å². The fraction of sp³-hybridized carbons (Fsp3) is 0. The third-order valence-electron chi connectivity index (χ3n) is 1.53. The number of hydrogen-bond donors (Lipinski definition) is 0. The van der Waals surface area contributed by atoms with Gasteiger partial charge >= 0.3 is 22.4 Å². The van der Waals surface area contributed by atoms with Gasteiger partial charge in [-0.05, 0) is 16.5 Å². The Kier molecular flexibility index (Phi) is 7.17. The minimum Gasteiger partial charge on any atom is -0.738 e. The van der Waals surface area contributed by atoms with Crippen LogP contribution >= 0.6 is 0 Å². The first-order chi connectivity index (χ1) is 6.27. The van der Waals surface area contributed by atoms with Crippen molar-refractivity contribution < 1.29 is 66.4 Å². The number of rotatable bonds is 1. The molecular weight excluding hydrogens is 610 g/mol. The van der Waals surface area contributed by atoms with Crippen molar-refractivity contribution in [1.82, 2.24) is 20.2 Å². The quantitative estimate of drug-likeness (QED) is 0.358. The van der Waals surface area contributed by atoms with Crippen molar-refractivity contribution in [2.45, 2.75) is 5.16 Å². The van der Waals surface area contributed by atoms with E-state index in [1.807, 2.05) is 0 Å². The second-order valence-corrected chi connectivity index (χ2v) is 2.79. The van der Waals surface area contributed by atoms with Crippen LogP contribution in [0.4, 0.5) is 5.69 Å². The molecule has 1 aromatic carbocycles. The van der Waals surface area contributed by atoms with Gasteiger partial charge in [0.15, 0.2) is 0 Å². The molecule has 1 aromatic heterocycles. The molecule has 1 radical (unpaired) electrons. The molecule has 0 unspecified atom stereocenters. The minimum absolute atomic E-state index is 0. The molecule has 1 heterocycles. The molecule has 2 rings (SSSR count). The molecule has 0 spiro atoms. The molecule has 0 fully saturated rings. The van der Waals surface area contributed by atoms with Crippen LogP contribution < -0.4 is 0 Å². The average Bonchev–Trinajstić information content (AvgIpc) is 2.51. The summed E-state index contributed by atoms with van der Waals surface area (Å²) in [5.41, 5.74) is 8.51. The van der Waals surface area contributed by atoms with Gasteiger partial charge in [0.1, 0.15) is 0 Å². The molecule has 79 valence electrons. The van der Waals surface area contributed by atoms with Crippen LogP contribution in [0.5, 0.6) is 0 Å². The summed E-state index contributed by atoms with van der Waals surface area (Å²) in [6.07, 6.45) is 0. The molecular formula is C7H5AcAuN5S-. The molecule has 0 bridgehead atoms. The van der Waals surface area contributed by atoms with Crippen molar-refractivity contribution in [3.05, 3.63) is 30.0 Å². The van der Waals surface area contributed by atoms with Crippen LogP contribution in [0.25, 0.3) is 11.4 Å². The summed E-state index contributed by atoms with van der Waals surface area (Å²) in [6, 6.07) is 6.88. The van der Waals surface area contributed by atoms with Crippen LogP contribution in [0.1, 0.15) is 0 Å². The number of tetrazole rings is 1. The van der Waals surface area contributed by atoms with E-state index < -0.39 is 0 Å². The van der Waals surface area contributed by atoms with Gasteiger partial charge in [0.2, 0.25) is 0 Å². The Balaban J connectivity index is 0.000000980. The van der Waals surface area contributed by atoms with Crippen molar-refractivity contribution >= 4 is 18.3 Å². The summed E-state index contributed by atoms with van der Waals surface area (Å²) in [6.45, 7) is 0. The monoisotopic (exact) mass is 615 g/mol. The Morgan fingerprint density at radius 3 is 2.60 bits per heavy atom. The second-order valence-electron chi connectivity index (χ2n) is 2.42. The molecule has 0 aliphatic rings. The van der Waals surface area contributed by atoms with Gasteiger partial charge in [-0.25, -0.2) is 4.68 Å². The number of nitrogens with one attached hydrogen (secondary N) is 1. The van der Waals surface area contributed by atoms with Crippen LogP contribution in [0.3, 0.4) is 0 Å². The van der Waals surface area contributed by atoms with Gasteiger partial charge in [-0.1, -0.05) is 18.2 Å². The predicted octanol–water partition coefficient (Wildman–Crippen LogP) is 1.25. The van der Waals surface area contributed by atoms with Crippen molar-refractivity contribution in [3.63, 3.8) is 0 Å². The van der Waals surface area contributed by atoms with Crippen molar-refractivity contribution in [2.75, 3.05) is 0 Å². The number of benzene rings is 1. The summed E-state index contributed by atoms with van der Waals surface area (Å²) in [7, 11) is 0. The van der Waals surface area contributed by atoms with Crippen LogP contribution in [0, 0.1) is 44.1 Å². The number of nitrogens with zero attached hydrogens (tertiary/aromatic N) is 4. The van der Waals surface area contributed by atoms with E-state index in [-0.39, 0.29) is 66.4 Å². The van der Waals surface area contributed by atoms with Gasteiger partial charge < -0.3 is 18.4 Å². The first-order valence-corrected chi connectivity index (χ1v) is 3.95. The molecule has 0 aliphatic heterocycles.